The van der Waals surface area contributed by atoms with Crippen LogP contribution in [0.15, 0.2) is 60.8 Å². The SMILES string of the molecule is C=C(C)C(=O)OC.C=CC(=O)OCCCC.C=CC(N)=O.CC(C)=O.CC(C)=O.COC(=O)C=C(C=C(C)C(=O)O)C(=O)OC. The molecule has 0 unspecified atom stereocenters. The van der Waals surface area contributed by atoms with Crippen LogP contribution in [-0.4, -0.2) is 80.4 Å². The number of unbranched alkanes of at least 4 members (excludes halogenated alkanes) is 1. The third kappa shape index (κ3) is 59.2. The molecule has 0 radical (unpaired) electrons. The molecule has 0 heterocycles. The molecule has 0 aliphatic carbocycles. The summed E-state index contributed by atoms with van der Waals surface area (Å²) in [7, 11) is 3.59. The molecule has 0 aliphatic heterocycles. The van der Waals surface area contributed by atoms with Crippen molar-refractivity contribution in [2.24, 2.45) is 5.73 Å². The molecule has 0 aromatic rings. The van der Waals surface area contributed by atoms with Crippen LogP contribution in [0.25, 0.3) is 0 Å². The van der Waals surface area contributed by atoms with Crippen LogP contribution >= 0.6 is 0 Å². The zero-order valence-electron chi connectivity index (χ0n) is 28.0. The van der Waals surface area contributed by atoms with Crippen molar-refractivity contribution in [1.29, 1.82) is 0 Å². The lowest BCUT2D eigenvalue weighted by molar-refractivity contribution is -0.138. The van der Waals surface area contributed by atoms with E-state index in [1.165, 1.54) is 47.8 Å². The number of nitrogens with two attached hydrogens (primary N) is 1. The molecule has 0 bridgehead atoms. The number of Topliss-reactive ketones (excluding diaryl/α,β-unsaturated/α-hetero) is 2. The van der Waals surface area contributed by atoms with Gasteiger partial charge in [0.1, 0.15) is 11.6 Å². The molecule has 0 atom stereocenters. The zero-order valence-corrected chi connectivity index (χ0v) is 28.0. The molecule has 0 spiro atoms. The Bertz CT molecular complexity index is 1030. The number of carboxylic acids is 1. The molecule has 256 valence electrons. The van der Waals surface area contributed by atoms with Crippen molar-refractivity contribution < 1.29 is 62.4 Å². The van der Waals surface area contributed by atoms with E-state index in [1.54, 1.807) is 6.92 Å². The van der Waals surface area contributed by atoms with E-state index in [-0.39, 0.29) is 34.7 Å². The van der Waals surface area contributed by atoms with Gasteiger partial charge in [-0.05, 0) is 60.1 Å². The highest BCUT2D eigenvalue weighted by Crippen LogP contribution is 2.05. The minimum atomic E-state index is -1.19. The molecular formula is C31H49NO13. The average Bonchev–Trinajstić information content (AvgIpc) is 2.95. The number of ketones is 2. The molecule has 0 saturated carbocycles. The summed E-state index contributed by atoms with van der Waals surface area (Å²) in [6, 6.07) is 0. The Morgan fingerprint density at radius 3 is 1.33 bits per heavy atom. The molecule has 14 nitrogen and oxygen atoms in total. The maximum absolute atomic E-state index is 11.2. The molecular weight excluding hydrogens is 594 g/mol. The fourth-order valence-electron chi connectivity index (χ4n) is 1.31. The average molecular weight is 644 g/mol. The summed E-state index contributed by atoms with van der Waals surface area (Å²) in [5.74, 6) is -3.60. The number of ether oxygens (including phenoxy) is 4. The van der Waals surface area contributed by atoms with Crippen LogP contribution < -0.4 is 5.73 Å². The van der Waals surface area contributed by atoms with Gasteiger partial charge in [0.2, 0.25) is 5.91 Å². The highest BCUT2D eigenvalue weighted by Gasteiger charge is 2.12. The van der Waals surface area contributed by atoms with Crippen molar-refractivity contribution in [3.8, 4) is 0 Å². The first-order valence-electron chi connectivity index (χ1n) is 12.8. The number of esters is 4. The second kappa shape index (κ2) is 36.9. The number of carboxylic acid groups (broad SMARTS) is 1. The fraction of sp³-hybridized carbons (Fsp3) is 0.419. The second-order valence-corrected chi connectivity index (χ2v) is 8.17. The van der Waals surface area contributed by atoms with Gasteiger partial charge in [-0.3, -0.25) is 4.79 Å². The number of methoxy groups -OCH3 is 3. The van der Waals surface area contributed by atoms with Crippen LogP contribution in [0, 0.1) is 0 Å². The Kier molecular flexibility index (Phi) is 43.0. The van der Waals surface area contributed by atoms with Gasteiger partial charge in [-0.2, -0.15) is 0 Å². The first-order chi connectivity index (χ1) is 20.6. The largest absolute Gasteiger partial charge is 0.478 e. The summed E-state index contributed by atoms with van der Waals surface area (Å²) in [5.41, 5.74) is 4.69. The lowest BCUT2D eigenvalue weighted by Gasteiger charge is -2.00. The second-order valence-electron chi connectivity index (χ2n) is 8.17. The molecule has 45 heavy (non-hydrogen) atoms. The molecule has 0 rings (SSSR count). The van der Waals surface area contributed by atoms with Gasteiger partial charge >= 0.3 is 29.8 Å². The topological polar surface area (TPSA) is 220 Å². The van der Waals surface area contributed by atoms with Crippen LogP contribution in [0.3, 0.4) is 0 Å². The van der Waals surface area contributed by atoms with E-state index in [0.29, 0.717) is 12.2 Å². The normalized spacial score (nSPS) is 9.02. The van der Waals surface area contributed by atoms with Crippen LogP contribution in [0.4, 0.5) is 0 Å². The number of amides is 1. The van der Waals surface area contributed by atoms with E-state index >= 15 is 0 Å². The Morgan fingerprint density at radius 1 is 0.711 bits per heavy atom. The number of hydrogen-bond donors (Lipinski definition) is 2. The molecule has 0 aromatic carbocycles. The van der Waals surface area contributed by atoms with Crippen molar-refractivity contribution in [2.45, 2.75) is 61.3 Å². The van der Waals surface area contributed by atoms with Gasteiger partial charge < -0.3 is 39.4 Å². The summed E-state index contributed by atoms with van der Waals surface area (Å²) in [4.78, 5) is 81.5. The molecule has 1 amide bonds. The van der Waals surface area contributed by atoms with Gasteiger partial charge in [-0.1, -0.05) is 33.1 Å². The van der Waals surface area contributed by atoms with Gasteiger partial charge in [0.05, 0.1) is 33.5 Å². The van der Waals surface area contributed by atoms with Gasteiger partial charge in [0.25, 0.3) is 0 Å². The zero-order chi connectivity index (χ0) is 37.1. The van der Waals surface area contributed by atoms with Gasteiger partial charge in [-0.25, -0.2) is 24.0 Å². The van der Waals surface area contributed by atoms with E-state index in [0.717, 1.165) is 45.3 Å². The molecule has 14 heteroatoms. The quantitative estimate of drug-likeness (QED) is 0.115. The lowest BCUT2D eigenvalue weighted by atomic mass is 10.1. The lowest BCUT2D eigenvalue weighted by Crippen LogP contribution is -2.08. The first-order valence-corrected chi connectivity index (χ1v) is 12.8. The summed E-state index contributed by atoms with van der Waals surface area (Å²) in [5, 5.41) is 8.61. The van der Waals surface area contributed by atoms with E-state index < -0.39 is 23.8 Å². The first kappa shape index (κ1) is 52.5. The van der Waals surface area contributed by atoms with Crippen molar-refractivity contribution in [1.82, 2.24) is 0 Å². The Balaban J connectivity index is -0.000000112. The van der Waals surface area contributed by atoms with Crippen molar-refractivity contribution in [3.63, 3.8) is 0 Å². The van der Waals surface area contributed by atoms with Gasteiger partial charge in [0, 0.05) is 23.3 Å². The van der Waals surface area contributed by atoms with Crippen LogP contribution in [-0.2, 0) is 57.3 Å². The molecule has 0 saturated heterocycles. The third-order valence-electron chi connectivity index (χ3n) is 3.25. The predicted molar refractivity (Wildman–Crippen MR) is 169 cm³/mol. The number of carbonyl (C=O) groups excluding carboxylic acids is 7. The number of carbonyl (C=O) groups is 8. The maximum Gasteiger partial charge on any atom is 0.338 e. The summed E-state index contributed by atoms with van der Waals surface area (Å²) in [6.07, 6.45) is 6.10. The minimum Gasteiger partial charge on any atom is -0.478 e. The smallest absolute Gasteiger partial charge is 0.338 e. The number of primary amides is 1. The Morgan fingerprint density at radius 2 is 1.11 bits per heavy atom. The van der Waals surface area contributed by atoms with E-state index in [2.05, 4.69) is 44.4 Å². The molecule has 0 aromatic heterocycles. The monoisotopic (exact) mass is 643 g/mol. The molecule has 0 fully saturated rings. The van der Waals surface area contributed by atoms with Crippen molar-refractivity contribution >= 4 is 47.3 Å². The highest BCUT2D eigenvalue weighted by atomic mass is 16.5. The van der Waals surface area contributed by atoms with Crippen molar-refractivity contribution in [3.05, 3.63) is 60.8 Å². The minimum absolute atomic E-state index is 0.0967. The van der Waals surface area contributed by atoms with Crippen LogP contribution in [0.2, 0.25) is 0 Å². The van der Waals surface area contributed by atoms with E-state index in [1.807, 2.05) is 6.92 Å². The van der Waals surface area contributed by atoms with Crippen LogP contribution in [0.5, 0.6) is 0 Å². The van der Waals surface area contributed by atoms with Gasteiger partial charge in [-0.15, -0.1) is 0 Å². The fourth-order valence-corrected chi connectivity index (χ4v) is 1.31. The summed E-state index contributed by atoms with van der Waals surface area (Å²) in [6.45, 7) is 21.3. The summed E-state index contributed by atoms with van der Waals surface area (Å²) < 4.78 is 17.7. The number of aliphatic carboxylic acids is 1. The van der Waals surface area contributed by atoms with Gasteiger partial charge in [0.15, 0.2) is 0 Å². The molecule has 0 aliphatic rings. The van der Waals surface area contributed by atoms with E-state index in [4.69, 9.17) is 5.11 Å². The van der Waals surface area contributed by atoms with Crippen LogP contribution in [0.1, 0.15) is 61.3 Å². The summed E-state index contributed by atoms with van der Waals surface area (Å²) >= 11 is 0. The standard InChI is InChI=1S/C10H12O6.C7H12O2.C5H8O2.C3H5NO.2C3H6O/c1-6(9(12)13)4-7(10(14)16-3)5-8(11)15-2;1-3-5-6-9-7(8)4-2;1-4(2)5(6)7-3;1-2-3(4)5;2*1-3(2)4/h4-5H,1-3H3,(H,12,13);4H,2-3,5-6H2,1H3;1H2,2-3H3;2H,1H2,(H2,4,5);2*1-2H3. The maximum atomic E-state index is 11.2. The Hall–Kier alpha value is -5.14. The third-order valence-corrected chi connectivity index (χ3v) is 3.25. The number of hydrogen-bond acceptors (Lipinski definition) is 12. The van der Waals surface area contributed by atoms with E-state index in [9.17, 15) is 38.4 Å². The molecule has 3 N–H and O–H groups in total. The predicted octanol–water partition coefficient (Wildman–Crippen LogP) is 3.39. The highest BCUT2D eigenvalue weighted by molar-refractivity contribution is 6.00. The number of rotatable bonds is 10. The Labute approximate surface area is 265 Å². The van der Waals surface area contributed by atoms with Crippen molar-refractivity contribution in [2.75, 3.05) is 27.9 Å².